The van der Waals surface area contributed by atoms with Crippen LogP contribution in [0.5, 0.6) is 0 Å². The Balaban J connectivity index is 1.89. The maximum absolute atomic E-state index is 6.03. The number of hydrogen-bond acceptors (Lipinski definition) is 2. The zero-order chi connectivity index (χ0) is 12.4. The molecule has 1 heterocycles. The van der Waals surface area contributed by atoms with Crippen LogP contribution < -0.4 is 10.6 Å². The van der Waals surface area contributed by atoms with Crippen LogP contribution in [0.4, 0.5) is 11.4 Å². The fourth-order valence-corrected chi connectivity index (χ4v) is 2.66. The highest BCUT2D eigenvalue weighted by Crippen LogP contribution is 2.28. The lowest BCUT2D eigenvalue weighted by Crippen LogP contribution is -2.29. The Morgan fingerprint density at radius 1 is 1.00 bits per heavy atom. The molecule has 0 amide bonds. The minimum atomic E-state index is 0.889. The number of hydrogen-bond donors (Lipinski definition) is 1. The van der Waals surface area contributed by atoms with Crippen molar-refractivity contribution in [1.29, 1.82) is 0 Å². The van der Waals surface area contributed by atoms with Gasteiger partial charge in [0.05, 0.1) is 0 Å². The number of nitrogens with zero attached hydrogens (tertiary/aromatic N) is 1. The molecule has 0 bridgehead atoms. The summed E-state index contributed by atoms with van der Waals surface area (Å²) >= 11 is 0. The summed E-state index contributed by atoms with van der Waals surface area (Å²) in [6, 6.07) is 16.8. The molecule has 2 aromatic carbocycles. The fraction of sp³-hybridized carbons (Fsp3) is 0.250. The molecule has 0 spiro atoms. The molecule has 18 heavy (non-hydrogen) atoms. The van der Waals surface area contributed by atoms with Crippen LogP contribution in [-0.4, -0.2) is 6.54 Å². The number of rotatable bonds is 2. The molecule has 0 aromatic heterocycles. The molecule has 3 rings (SSSR count). The third-order valence-electron chi connectivity index (χ3n) is 3.62. The molecule has 0 fully saturated rings. The minimum absolute atomic E-state index is 0.889. The van der Waals surface area contributed by atoms with Crippen molar-refractivity contribution in [2.24, 2.45) is 0 Å². The van der Waals surface area contributed by atoms with Crippen LogP contribution in [0.15, 0.2) is 48.5 Å². The standard InChI is InChI=1S/C16H18N2/c17-15-9-3-1-7-14(15)12-18-11-5-8-13-6-2-4-10-16(13)18/h1-4,6-7,9-10H,5,8,11-12,17H2. The summed E-state index contributed by atoms with van der Waals surface area (Å²) < 4.78 is 0. The number of anilines is 2. The average molecular weight is 238 g/mol. The number of aryl methyl sites for hydroxylation is 1. The maximum atomic E-state index is 6.03. The quantitative estimate of drug-likeness (QED) is 0.814. The molecule has 2 N–H and O–H groups in total. The smallest absolute Gasteiger partial charge is 0.0449 e. The summed E-state index contributed by atoms with van der Waals surface area (Å²) in [4.78, 5) is 2.44. The Kier molecular flexibility index (Phi) is 2.93. The first kappa shape index (κ1) is 11.1. The van der Waals surface area contributed by atoms with Crippen LogP contribution in [0.2, 0.25) is 0 Å². The van der Waals surface area contributed by atoms with E-state index in [0.29, 0.717) is 0 Å². The van der Waals surface area contributed by atoms with Crippen molar-refractivity contribution in [3.05, 3.63) is 59.7 Å². The van der Waals surface area contributed by atoms with Crippen LogP contribution in [0.3, 0.4) is 0 Å². The number of nitrogens with two attached hydrogens (primary N) is 1. The average Bonchev–Trinajstić information content (AvgIpc) is 2.42. The summed E-state index contributed by atoms with van der Waals surface area (Å²) in [6.45, 7) is 2.02. The summed E-state index contributed by atoms with van der Waals surface area (Å²) in [6.07, 6.45) is 2.42. The van der Waals surface area contributed by atoms with Gasteiger partial charge >= 0.3 is 0 Å². The SMILES string of the molecule is Nc1ccccc1CN1CCCc2ccccc21. The highest BCUT2D eigenvalue weighted by Gasteiger charge is 2.16. The largest absolute Gasteiger partial charge is 0.398 e. The van der Waals surface area contributed by atoms with Gasteiger partial charge in [-0.25, -0.2) is 0 Å². The molecule has 1 aliphatic rings. The first-order valence-electron chi connectivity index (χ1n) is 6.51. The molecule has 2 nitrogen and oxygen atoms in total. The van der Waals surface area contributed by atoms with Crippen molar-refractivity contribution < 1.29 is 0 Å². The first-order chi connectivity index (χ1) is 8.84. The summed E-state index contributed by atoms with van der Waals surface area (Å²) in [5.74, 6) is 0. The lowest BCUT2D eigenvalue weighted by atomic mass is 10.0. The second-order valence-electron chi connectivity index (χ2n) is 4.85. The third-order valence-corrected chi connectivity index (χ3v) is 3.62. The van der Waals surface area contributed by atoms with Crippen LogP contribution in [0.1, 0.15) is 17.5 Å². The van der Waals surface area contributed by atoms with Crippen LogP contribution in [0.25, 0.3) is 0 Å². The number of nitrogen functional groups attached to an aromatic ring is 1. The van der Waals surface area contributed by atoms with E-state index in [4.69, 9.17) is 5.73 Å². The highest BCUT2D eigenvalue weighted by atomic mass is 15.1. The summed E-state index contributed by atoms with van der Waals surface area (Å²) in [5, 5.41) is 0. The third kappa shape index (κ3) is 2.06. The Hall–Kier alpha value is -1.96. The summed E-state index contributed by atoms with van der Waals surface area (Å²) in [7, 11) is 0. The van der Waals surface area contributed by atoms with Crippen molar-refractivity contribution in [2.45, 2.75) is 19.4 Å². The second kappa shape index (κ2) is 4.73. The molecule has 0 saturated heterocycles. The molecule has 2 heteroatoms. The molecule has 0 saturated carbocycles. The maximum Gasteiger partial charge on any atom is 0.0449 e. The van der Waals surface area contributed by atoms with Gasteiger partial charge in [-0.15, -0.1) is 0 Å². The van der Waals surface area contributed by atoms with E-state index in [1.807, 2.05) is 12.1 Å². The zero-order valence-electron chi connectivity index (χ0n) is 10.5. The zero-order valence-corrected chi connectivity index (χ0v) is 10.5. The Bertz CT molecular complexity index is 548. The monoisotopic (exact) mass is 238 g/mol. The molecular formula is C16H18N2. The van der Waals surface area contributed by atoms with Gasteiger partial charge in [0, 0.05) is 24.5 Å². The molecule has 2 aromatic rings. The minimum Gasteiger partial charge on any atom is -0.398 e. The van der Waals surface area contributed by atoms with Crippen molar-refractivity contribution in [3.63, 3.8) is 0 Å². The van der Waals surface area contributed by atoms with Crippen molar-refractivity contribution in [3.8, 4) is 0 Å². The lowest BCUT2D eigenvalue weighted by Gasteiger charge is -2.31. The van der Waals surface area contributed by atoms with Crippen molar-refractivity contribution in [1.82, 2.24) is 0 Å². The molecule has 0 radical (unpaired) electrons. The number of fused-ring (bicyclic) bond motifs is 1. The Morgan fingerprint density at radius 2 is 1.78 bits per heavy atom. The van der Waals surface area contributed by atoms with Gasteiger partial charge in [-0.05, 0) is 36.1 Å². The summed E-state index contributed by atoms with van der Waals surface area (Å²) in [5.41, 5.74) is 11.0. The van der Waals surface area contributed by atoms with E-state index in [1.165, 1.54) is 29.7 Å². The van der Waals surface area contributed by atoms with Crippen LogP contribution in [0, 0.1) is 0 Å². The topological polar surface area (TPSA) is 29.3 Å². The van der Waals surface area contributed by atoms with Gasteiger partial charge in [0.25, 0.3) is 0 Å². The molecule has 92 valence electrons. The molecule has 0 aliphatic carbocycles. The lowest BCUT2D eigenvalue weighted by molar-refractivity contribution is 0.692. The molecular weight excluding hydrogens is 220 g/mol. The predicted molar refractivity (Wildman–Crippen MR) is 76.7 cm³/mol. The Labute approximate surface area is 108 Å². The van der Waals surface area contributed by atoms with Gasteiger partial charge in [0.15, 0.2) is 0 Å². The highest BCUT2D eigenvalue weighted by molar-refractivity contribution is 5.57. The first-order valence-corrected chi connectivity index (χ1v) is 6.51. The molecule has 0 unspecified atom stereocenters. The van der Waals surface area contributed by atoms with E-state index in [1.54, 1.807) is 0 Å². The van der Waals surface area contributed by atoms with Gasteiger partial charge in [-0.1, -0.05) is 36.4 Å². The van der Waals surface area contributed by atoms with Gasteiger partial charge < -0.3 is 10.6 Å². The van der Waals surface area contributed by atoms with Crippen LogP contribution >= 0.6 is 0 Å². The van der Waals surface area contributed by atoms with Crippen molar-refractivity contribution in [2.75, 3.05) is 17.2 Å². The van der Waals surface area contributed by atoms with Crippen LogP contribution in [-0.2, 0) is 13.0 Å². The van der Waals surface area contributed by atoms with Gasteiger partial charge in [0.2, 0.25) is 0 Å². The fourth-order valence-electron chi connectivity index (χ4n) is 2.66. The van der Waals surface area contributed by atoms with E-state index >= 15 is 0 Å². The number of para-hydroxylation sites is 2. The number of benzene rings is 2. The van der Waals surface area contributed by atoms with E-state index in [-0.39, 0.29) is 0 Å². The van der Waals surface area contributed by atoms with E-state index in [0.717, 1.165) is 18.8 Å². The normalized spacial score (nSPS) is 14.3. The predicted octanol–water partition coefficient (Wildman–Crippen LogP) is 3.22. The van der Waals surface area contributed by atoms with E-state index in [2.05, 4.69) is 41.3 Å². The van der Waals surface area contributed by atoms with Gasteiger partial charge in [-0.3, -0.25) is 0 Å². The second-order valence-corrected chi connectivity index (χ2v) is 4.85. The molecule has 1 aliphatic heterocycles. The van der Waals surface area contributed by atoms with Crippen molar-refractivity contribution >= 4 is 11.4 Å². The van der Waals surface area contributed by atoms with E-state index < -0.39 is 0 Å². The van der Waals surface area contributed by atoms with E-state index in [9.17, 15) is 0 Å². The van der Waals surface area contributed by atoms with Gasteiger partial charge in [-0.2, -0.15) is 0 Å². The Morgan fingerprint density at radius 3 is 2.67 bits per heavy atom. The van der Waals surface area contributed by atoms with Gasteiger partial charge in [0.1, 0.15) is 0 Å². The molecule has 0 atom stereocenters.